The Morgan fingerprint density at radius 2 is 2.75 bits per heavy atom. The highest BCUT2D eigenvalue weighted by Crippen LogP contribution is 2.21. The van der Waals surface area contributed by atoms with Gasteiger partial charge in [0, 0.05) is 11.6 Å². The Labute approximate surface area is 70.0 Å². The molecule has 0 bridgehead atoms. The molecule has 1 aromatic rings. The molecule has 44 valence electrons. The molecular weight excluding hydrogens is 253 g/mol. The van der Waals surface area contributed by atoms with Gasteiger partial charge in [-0.05, 0) is 0 Å². The Kier molecular flexibility index (Phi) is 3.14. The lowest BCUT2D eigenvalue weighted by atomic mass is 11.0. The van der Waals surface area contributed by atoms with E-state index in [1.165, 1.54) is 4.34 Å². The smallest absolute Gasteiger partial charge is 0.150 e. The van der Waals surface area contributed by atoms with E-state index < -0.39 is 0 Å². The van der Waals surface area contributed by atoms with E-state index in [2.05, 4.69) is 27.6 Å². The van der Waals surface area contributed by atoms with Crippen LogP contribution in [0.2, 0.25) is 0 Å². The zero-order valence-electron chi connectivity index (χ0n) is 4.00. The van der Waals surface area contributed by atoms with Crippen molar-refractivity contribution in [2.75, 3.05) is 3.76 Å². The van der Waals surface area contributed by atoms with Crippen LogP contribution in [-0.4, -0.2) is 8.74 Å². The van der Waals surface area contributed by atoms with Crippen LogP contribution in [0.1, 0.15) is 0 Å². The average molecular weight is 257 g/mol. The second-order valence-corrected chi connectivity index (χ2v) is 4.97. The van der Waals surface area contributed by atoms with Crippen molar-refractivity contribution in [3.63, 3.8) is 0 Å². The van der Waals surface area contributed by atoms with E-state index in [0.717, 1.165) is 3.76 Å². The summed E-state index contributed by atoms with van der Waals surface area (Å²) in [4.78, 5) is 4.08. The lowest BCUT2D eigenvalue weighted by molar-refractivity contribution is 1.26. The van der Waals surface area contributed by atoms with Crippen LogP contribution in [0.4, 0.5) is 0 Å². The topological polar surface area (TPSA) is 12.9 Å². The first-order valence-electron chi connectivity index (χ1n) is 2.02. The van der Waals surface area contributed by atoms with E-state index in [4.69, 9.17) is 0 Å². The molecule has 0 aromatic carbocycles. The van der Waals surface area contributed by atoms with Gasteiger partial charge < -0.3 is 0 Å². The summed E-state index contributed by atoms with van der Waals surface area (Å²) >= 11 is 5.79. The molecule has 0 atom stereocenters. The van der Waals surface area contributed by atoms with Crippen molar-refractivity contribution in [2.24, 2.45) is 0 Å². The highest BCUT2D eigenvalue weighted by Gasteiger charge is 1.90. The molecule has 0 aliphatic heterocycles. The standard InChI is InChI=1S/C4H4INS2/c5-3-8-4-6-1-2-7-4/h1-2H,3H2. The Bertz CT molecular complexity index is 140. The molecule has 0 saturated carbocycles. The van der Waals surface area contributed by atoms with E-state index in [-0.39, 0.29) is 0 Å². The van der Waals surface area contributed by atoms with Crippen molar-refractivity contribution in [3.05, 3.63) is 11.6 Å². The van der Waals surface area contributed by atoms with Gasteiger partial charge in [-0.15, -0.1) is 11.3 Å². The lowest BCUT2D eigenvalue weighted by Crippen LogP contribution is -1.62. The van der Waals surface area contributed by atoms with Crippen molar-refractivity contribution in [1.82, 2.24) is 4.98 Å². The predicted octanol–water partition coefficient (Wildman–Crippen LogP) is 2.63. The Morgan fingerprint density at radius 1 is 1.88 bits per heavy atom. The first kappa shape index (κ1) is 6.82. The zero-order valence-corrected chi connectivity index (χ0v) is 7.79. The normalized spacial score (nSPS) is 9.62. The van der Waals surface area contributed by atoms with Crippen LogP contribution < -0.4 is 0 Å². The molecule has 0 spiro atoms. The molecule has 0 amide bonds. The fourth-order valence-electron chi connectivity index (χ4n) is 0.328. The van der Waals surface area contributed by atoms with Crippen molar-refractivity contribution < 1.29 is 0 Å². The number of alkyl halides is 1. The highest BCUT2D eigenvalue weighted by molar-refractivity contribution is 14.1. The Balaban J connectivity index is 2.50. The maximum atomic E-state index is 4.08. The SMILES string of the molecule is ICSc1nccs1. The first-order valence-corrected chi connectivity index (χ1v) is 5.41. The number of hydrogen-bond donors (Lipinski definition) is 0. The number of nitrogens with zero attached hydrogens (tertiary/aromatic N) is 1. The van der Waals surface area contributed by atoms with Crippen molar-refractivity contribution in [1.29, 1.82) is 0 Å². The molecule has 0 fully saturated rings. The number of halogens is 1. The summed E-state index contributed by atoms with van der Waals surface area (Å²) in [6.07, 6.45) is 1.83. The highest BCUT2D eigenvalue weighted by atomic mass is 127. The molecule has 8 heavy (non-hydrogen) atoms. The summed E-state index contributed by atoms with van der Waals surface area (Å²) in [6.45, 7) is 0. The molecule has 1 rings (SSSR count). The van der Waals surface area contributed by atoms with Gasteiger partial charge in [0.25, 0.3) is 0 Å². The minimum atomic E-state index is 1.09. The van der Waals surface area contributed by atoms with Gasteiger partial charge in [0.1, 0.15) is 0 Å². The van der Waals surface area contributed by atoms with Gasteiger partial charge >= 0.3 is 0 Å². The monoisotopic (exact) mass is 257 g/mol. The number of thiazole rings is 1. The van der Waals surface area contributed by atoms with Crippen LogP contribution in [-0.2, 0) is 0 Å². The van der Waals surface area contributed by atoms with E-state index in [9.17, 15) is 0 Å². The summed E-state index contributed by atoms with van der Waals surface area (Å²) in [5, 5.41) is 1.99. The fourth-order valence-corrected chi connectivity index (χ4v) is 3.05. The second kappa shape index (κ2) is 3.68. The summed E-state index contributed by atoms with van der Waals surface area (Å²) in [5.41, 5.74) is 0. The number of thioether (sulfide) groups is 1. The zero-order chi connectivity index (χ0) is 5.82. The maximum absolute atomic E-state index is 4.08. The Hall–Kier alpha value is 0.710. The molecule has 0 unspecified atom stereocenters. The number of aromatic nitrogens is 1. The van der Waals surface area contributed by atoms with E-state index >= 15 is 0 Å². The largest absolute Gasteiger partial charge is 0.238 e. The second-order valence-electron chi connectivity index (χ2n) is 1.05. The maximum Gasteiger partial charge on any atom is 0.150 e. The summed E-state index contributed by atoms with van der Waals surface area (Å²) < 4.78 is 2.25. The molecule has 4 heteroatoms. The van der Waals surface area contributed by atoms with E-state index in [0.29, 0.717) is 0 Å². The third-order valence-electron chi connectivity index (χ3n) is 0.588. The molecule has 0 saturated heterocycles. The predicted molar refractivity (Wildman–Crippen MR) is 46.9 cm³/mol. The van der Waals surface area contributed by atoms with Crippen LogP contribution in [0.3, 0.4) is 0 Å². The van der Waals surface area contributed by atoms with Crippen LogP contribution >= 0.6 is 45.7 Å². The van der Waals surface area contributed by atoms with Gasteiger partial charge in [0.2, 0.25) is 0 Å². The molecule has 0 radical (unpaired) electrons. The molecule has 1 aromatic heterocycles. The quantitative estimate of drug-likeness (QED) is 0.459. The van der Waals surface area contributed by atoms with Gasteiger partial charge in [-0.25, -0.2) is 4.98 Å². The van der Waals surface area contributed by atoms with Crippen LogP contribution in [0.15, 0.2) is 15.9 Å². The first-order chi connectivity index (χ1) is 3.93. The minimum absolute atomic E-state index is 1.09. The number of hydrogen-bond acceptors (Lipinski definition) is 3. The molecule has 0 N–H and O–H groups in total. The minimum Gasteiger partial charge on any atom is -0.238 e. The van der Waals surface area contributed by atoms with E-state index in [1.807, 2.05) is 11.6 Å². The Morgan fingerprint density at radius 3 is 3.25 bits per heavy atom. The van der Waals surface area contributed by atoms with Crippen LogP contribution in [0, 0.1) is 0 Å². The van der Waals surface area contributed by atoms with Crippen molar-refractivity contribution in [3.8, 4) is 0 Å². The van der Waals surface area contributed by atoms with Crippen molar-refractivity contribution >= 4 is 45.7 Å². The summed E-state index contributed by atoms with van der Waals surface area (Å²) in [7, 11) is 0. The van der Waals surface area contributed by atoms with Gasteiger partial charge in [-0.3, -0.25) is 0 Å². The van der Waals surface area contributed by atoms with Crippen LogP contribution in [0.5, 0.6) is 0 Å². The fraction of sp³-hybridized carbons (Fsp3) is 0.250. The molecular formula is C4H4INS2. The van der Waals surface area contributed by atoms with Gasteiger partial charge in [-0.2, -0.15) is 0 Å². The molecule has 0 aliphatic rings. The third kappa shape index (κ3) is 1.91. The van der Waals surface area contributed by atoms with Crippen LogP contribution in [0.25, 0.3) is 0 Å². The lowest BCUT2D eigenvalue weighted by Gasteiger charge is -1.83. The molecule has 1 heterocycles. The summed E-state index contributed by atoms with van der Waals surface area (Å²) in [5.74, 6) is 0. The number of rotatable bonds is 2. The average Bonchev–Trinajstić information content (AvgIpc) is 2.19. The van der Waals surface area contributed by atoms with Gasteiger partial charge in [0.05, 0.1) is 3.76 Å². The molecule has 1 nitrogen and oxygen atoms in total. The third-order valence-corrected chi connectivity index (χ3v) is 3.19. The van der Waals surface area contributed by atoms with E-state index in [1.54, 1.807) is 23.1 Å². The summed E-state index contributed by atoms with van der Waals surface area (Å²) in [6, 6.07) is 0. The van der Waals surface area contributed by atoms with Gasteiger partial charge in [-0.1, -0.05) is 34.4 Å². The van der Waals surface area contributed by atoms with Crippen molar-refractivity contribution in [2.45, 2.75) is 4.34 Å². The van der Waals surface area contributed by atoms with Gasteiger partial charge in [0.15, 0.2) is 4.34 Å². The molecule has 0 aliphatic carbocycles.